The molecule has 1 aromatic carbocycles. The predicted octanol–water partition coefficient (Wildman–Crippen LogP) is 1.71. The van der Waals surface area contributed by atoms with Gasteiger partial charge in [0.2, 0.25) is 0 Å². The van der Waals surface area contributed by atoms with Gasteiger partial charge in [-0.05, 0) is 49.3 Å². The summed E-state index contributed by atoms with van der Waals surface area (Å²) in [6.07, 6.45) is 4.90. The van der Waals surface area contributed by atoms with Crippen LogP contribution in [0, 0.1) is 5.92 Å². The average molecular weight is 443 g/mol. The molecule has 1 aliphatic heterocycles. The fraction of sp³-hybridized carbons (Fsp3) is 0.364. The van der Waals surface area contributed by atoms with Gasteiger partial charge < -0.3 is 20.1 Å². The Bertz CT molecular complexity index is 1030. The zero-order chi connectivity index (χ0) is 22.4. The molecular weight excluding hydrogens is 416 g/mol. The minimum Gasteiger partial charge on any atom is -0.348 e. The number of thioether (sulfide) groups is 1. The third-order valence-corrected chi connectivity index (χ3v) is 6.16. The third-order valence-electron chi connectivity index (χ3n) is 5.37. The molecule has 2 heterocycles. The van der Waals surface area contributed by atoms with E-state index >= 15 is 0 Å². The van der Waals surface area contributed by atoms with E-state index in [1.165, 1.54) is 16.3 Å². The Morgan fingerprint density at radius 2 is 1.77 bits per heavy atom. The van der Waals surface area contributed by atoms with Crippen molar-refractivity contribution >= 4 is 35.2 Å². The van der Waals surface area contributed by atoms with Crippen LogP contribution < -0.4 is 16.2 Å². The number of pyridine rings is 1. The number of nitrogens with zero attached hydrogens (tertiary/aromatic N) is 2. The number of para-hydroxylation sites is 1. The van der Waals surface area contributed by atoms with Crippen LogP contribution in [0.1, 0.15) is 23.2 Å². The van der Waals surface area contributed by atoms with Crippen LogP contribution in [0.25, 0.3) is 0 Å². The molecule has 0 atom stereocenters. The maximum atomic E-state index is 12.6. The first-order chi connectivity index (χ1) is 14.9. The molecule has 31 heavy (non-hydrogen) atoms. The van der Waals surface area contributed by atoms with E-state index in [2.05, 4.69) is 10.6 Å². The van der Waals surface area contributed by atoms with Crippen molar-refractivity contribution in [2.24, 2.45) is 13.0 Å². The van der Waals surface area contributed by atoms with Gasteiger partial charge in [-0.25, -0.2) is 0 Å². The highest BCUT2D eigenvalue weighted by Gasteiger charge is 2.26. The molecule has 1 aliphatic rings. The first-order valence-electron chi connectivity index (χ1n) is 10.1. The number of carbonyl (C=O) groups is 3. The Morgan fingerprint density at radius 1 is 1.06 bits per heavy atom. The molecule has 3 rings (SSSR count). The van der Waals surface area contributed by atoms with Gasteiger partial charge in [-0.2, -0.15) is 0 Å². The fourth-order valence-corrected chi connectivity index (χ4v) is 4.07. The van der Waals surface area contributed by atoms with Gasteiger partial charge in [-0.3, -0.25) is 19.2 Å². The number of rotatable bonds is 5. The van der Waals surface area contributed by atoms with Gasteiger partial charge in [-0.1, -0.05) is 12.1 Å². The van der Waals surface area contributed by atoms with Crippen molar-refractivity contribution in [1.29, 1.82) is 0 Å². The molecule has 0 radical (unpaired) electrons. The second-order valence-electron chi connectivity index (χ2n) is 7.44. The van der Waals surface area contributed by atoms with E-state index in [4.69, 9.17) is 0 Å². The molecular formula is C22H26N4O4S. The number of likely N-dealkylation sites (tertiary alicyclic amines) is 1. The van der Waals surface area contributed by atoms with Crippen molar-refractivity contribution in [2.75, 3.05) is 31.2 Å². The van der Waals surface area contributed by atoms with Crippen LogP contribution in [-0.4, -0.2) is 53.1 Å². The van der Waals surface area contributed by atoms with Gasteiger partial charge in [-0.15, -0.1) is 11.8 Å². The van der Waals surface area contributed by atoms with Crippen LogP contribution in [0.3, 0.4) is 0 Å². The number of amides is 3. The number of benzene rings is 1. The molecule has 0 saturated carbocycles. The molecule has 0 bridgehead atoms. The Labute approximate surface area is 185 Å². The summed E-state index contributed by atoms with van der Waals surface area (Å²) in [7, 11) is 1.61. The summed E-state index contributed by atoms with van der Waals surface area (Å²) in [6, 6.07) is 10.5. The Morgan fingerprint density at radius 3 is 2.48 bits per heavy atom. The number of piperidine rings is 1. The zero-order valence-electron chi connectivity index (χ0n) is 17.6. The van der Waals surface area contributed by atoms with Crippen LogP contribution in [0.15, 0.2) is 52.3 Å². The van der Waals surface area contributed by atoms with Gasteiger partial charge in [0.25, 0.3) is 11.5 Å². The largest absolute Gasteiger partial charge is 0.348 e. The first kappa shape index (κ1) is 22.6. The SMILES string of the molecule is CSc1ccccc1NC(=O)C(=O)NCC1CCN(C(=O)c2cccn(C)c2=O)CC1. The Kier molecular flexibility index (Phi) is 7.51. The molecule has 2 aromatic rings. The number of aromatic nitrogens is 1. The summed E-state index contributed by atoms with van der Waals surface area (Å²) < 4.78 is 1.39. The standard InChI is InChI=1S/C22H26N4O4S/c1-25-11-5-6-16(21(25)29)22(30)26-12-9-15(10-13-26)14-23-19(27)20(28)24-17-7-3-4-8-18(17)31-2/h3-8,11,15H,9-10,12-14H2,1-2H3,(H,23,27)(H,24,28). The minimum atomic E-state index is -0.700. The highest BCUT2D eigenvalue weighted by Crippen LogP contribution is 2.24. The van der Waals surface area contributed by atoms with Crippen LogP contribution >= 0.6 is 11.8 Å². The van der Waals surface area contributed by atoms with E-state index in [-0.39, 0.29) is 22.9 Å². The van der Waals surface area contributed by atoms with Gasteiger partial charge in [0, 0.05) is 37.8 Å². The van der Waals surface area contributed by atoms with E-state index in [1.54, 1.807) is 42.4 Å². The average Bonchev–Trinajstić information content (AvgIpc) is 2.79. The molecule has 8 nitrogen and oxygen atoms in total. The second-order valence-corrected chi connectivity index (χ2v) is 8.29. The van der Waals surface area contributed by atoms with Crippen molar-refractivity contribution in [1.82, 2.24) is 14.8 Å². The monoisotopic (exact) mass is 442 g/mol. The fourth-order valence-electron chi connectivity index (χ4n) is 3.51. The number of aryl methyl sites for hydroxylation is 1. The van der Waals surface area contributed by atoms with Crippen molar-refractivity contribution in [3.8, 4) is 0 Å². The van der Waals surface area contributed by atoms with Crippen molar-refractivity contribution < 1.29 is 14.4 Å². The number of hydrogen-bond donors (Lipinski definition) is 2. The lowest BCUT2D eigenvalue weighted by Gasteiger charge is -2.32. The Hall–Kier alpha value is -3.07. The van der Waals surface area contributed by atoms with Crippen molar-refractivity contribution in [3.05, 3.63) is 58.5 Å². The van der Waals surface area contributed by atoms with Gasteiger partial charge in [0.1, 0.15) is 5.56 Å². The quantitative estimate of drug-likeness (QED) is 0.542. The highest BCUT2D eigenvalue weighted by atomic mass is 32.2. The van der Waals surface area contributed by atoms with Crippen molar-refractivity contribution in [2.45, 2.75) is 17.7 Å². The lowest BCUT2D eigenvalue weighted by molar-refractivity contribution is -0.136. The Balaban J connectivity index is 1.47. The van der Waals surface area contributed by atoms with Crippen molar-refractivity contribution in [3.63, 3.8) is 0 Å². The lowest BCUT2D eigenvalue weighted by atomic mass is 9.96. The summed E-state index contributed by atoms with van der Waals surface area (Å²) in [5.41, 5.74) is 0.462. The number of anilines is 1. The van der Waals surface area contributed by atoms with E-state index in [1.807, 2.05) is 18.4 Å². The molecule has 1 saturated heterocycles. The maximum Gasteiger partial charge on any atom is 0.313 e. The number of nitrogens with one attached hydrogen (secondary N) is 2. The lowest BCUT2D eigenvalue weighted by Crippen LogP contribution is -2.44. The number of hydrogen-bond acceptors (Lipinski definition) is 5. The summed E-state index contributed by atoms with van der Waals surface area (Å²) in [6.45, 7) is 1.38. The van der Waals surface area contributed by atoms with E-state index in [0.29, 0.717) is 38.2 Å². The first-order valence-corrected chi connectivity index (χ1v) is 11.3. The summed E-state index contributed by atoms with van der Waals surface area (Å²) in [5, 5.41) is 5.33. The summed E-state index contributed by atoms with van der Waals surface area (Å²) in [5.74, 6) is -1.48. The van der Waals surface area contributed by atoms with Crippen LogP contribution in [-0.2, 0) is 16.6 Å². The normalized spacial score (nSPS) is 14.2. The topological polar surface area (TPSA) is 101 Å². The molecule has 9 heteroatoms. The molecule has 1 aromatic heterocycles. The smallest absolute Gasteiger partial charge is 0.313 e. The third kappa shape index (κ3) is 5.55. The molecule has 0 spiro atoms. The molecule has 0 aliphatic carbocycles. The maximum absolute atomic E-state index is 12.6. The number of carbonyl (C=O) groups excluding carboxylic acids is 3. The predicted molar refractivity (Wildman–Crippen MR) is 120 cm³/mol. The van der Waals surface area contributed by atoms with E-state index in [0.717, 1.165) is 4.90 Å². The van der Waals surface area contributed by atoms with Crippen LogP contribution in [0.5, 0.6) is 0 Å². The zero-order valence-corrected chi connectivity index (χ0v) is 18.4. The molecule has 0 unspecified atom stereocenters. The molecule has 1 fully saturated rings. The summed E-state index contributed by atoms with van der Waals surface area (Å²) >= 11 is 1.49. The van der Waals surface area contributed by atoms with Gasteiger partial charge in [0.05, 0.1) is 5.69 Å². The second kappa shape index (κ2) is 10.3. The van der Waals surface area contributed by atoms with Gasteiger partial charge in [0.15, 0.2) is 0 Å². The van der Waals surface area contributed by atoms with E-state index in [9.17, 15) is 19.2 Å². The van der Waals surface area contributed by atoms with Gasteiger partial charge >= 0.3 is 11.8 Å². The molecule has 164 valence electrons. The highest BCUT2D eigenvalue weighted by molar-refractivity contribution is 7.98. The van der Waals surface area contributed by atoms with E-state index < -0.39 is 11.8 Å². The minimum absolute atomic E-state index is 0.165. The molecule has 3 amide bonds. The van der Waals surface area contributed by atoms with Crippen LogP contribution in [0.2, 0.25) is 0 Å². The summed E-state index contributed by atoms with van der Waals surface area (Å²) in [4.78, 5) is 51.7. The molecule has 2 N–H and O–H groups in total. The van der Waals surface area contributed by atoms with Crippen LogP contribution in [0.4, 0.5) is 5.69 Å².